The number of aromatic nitrogens is 1. The monoisotopic (exact) mass is 373 g/mol. The summed E-state index contributed by atoms with van der Waals surface area (Å²) in [7, 11) is 0. The number of rotatable bonds is 6. The van der Waals surface area contributed by atoms with E-state index in [4.69, 9.17) is 9.15 Å². The fourth-order valence-electron chi connectivity index (χ4n) is 4.16. The minimum absolute atomic E-state index is 0.0714. The highest BCUT2D eigenvalue weighted by Crippen LogP contribution is 2.49. The van der Waals surface area contributed by atoms with Crippen LogP contribution in [0.4, 0.5) is 10.4 Å². The Kier molecular flexibility index (Phi) is 4.27. The van der Waals surface area contributed by atoms with E-state index >= 15 is 0 Å². The van der Waals surface area contributed by atoms with Crippen molar-refractivity contribution in [1.29, 1.82) is 0 Å². The highest BCUT2D eigenvalue weighted by atomic mass is 19.1. The first kappa shape index (κ1) is 17.0. The van der Waals surface area contributed by atoms with Crippen LogP contribution in [-0.4, -0.2) is 43.2 Å². The molecule has 0 radical (unpaired) electrons. The lowest BCUT2D eigenvalue weighted by Crippen LogP contribution is -2.52. The fourth-order valence-corrected chi connectivity index (χ4v) is 4.16. The van der Waals surface area contributed by atoms with Crippen LogP contribution in [0.5, 0.6) is 0 Å². The van der Waals surface area contributed by atoms with E-state index < -0.39 is 5.82 Å². The zero-order valence-corrected chi connectivity index (χ0v) is 15.2. The summed E-state index contributed by atoms with van der Waals surface area (Å²) in [6.45, 7) is 2.12. The summed E-state index contributed by atoms with van der Waals surface area (Å²) in [6.07, 6.45) is 4.73. The van der Waals surface area contributed by atoms with Gasteiger partial charge >= 0.3 is 0 Å². The second kappa shape index (κ2) is 6.78. The predicted molar refractivity (Wildman–Crippen MR) is 97.9 cm³/mol. The highest BCUT2D eigenvalue weighted by Gasteiger charge is 2.45. The van der Waals surface area contributed by atoms with Crippen molar-refractivity contribution >= 4 is 23.0 Å². The Labute approximate surface area is 157 Å². The molecule has 0 bridgehead atoms. The Morgan fingerprint density at radius 3 is 2.78 bits per heavy atom. The first-order valence-electron chi connectivity index (χ1n) is 9.88. The molecule has 2 aliphatic carbocycles. The number of anilines is 1. The smallest absolute Gasteiger partial charge is 0.298 e. The first-order valence-corrected chi connectivity index (χ1v) is 9.88. The zero-order valence-electron chi connectivity index (χ0n) is 15.2. The highest BCUT2D eigenvalue weighted by molar-refractivity contribution is 5.80. The van der Waals surface area contributed by atoms with E-state index in [0.29, 0.717) is 49.7 Å². The van der Waals surface area contributed by atoms with Gasteiger partial charge in [0, 0.05) is 19.0 Å². The van der Waals surface area contributed by atoms with Crippen molar-refractivity contribution in [3.05, 3.63) is 24.0 Å². The molecule has 1 aromatic carbocycles. The van der Waals surface area contributed by atoms with Crippen molar-refractivity contribution in [3.8, 4) is 0 Å². The Hall–Kier alpha value is -2.15. The zero-order chi connectivity index (χ0) is 18.4. The molecule has 27 heavy (non-hydrogen) atoms. The van der Waals surface area contributed by atoms with Gasteiger partial charge in [-0.05, 0) is 49.7 Å². The van der Waals surface area contributed by atoms with Crippen LogP contribution in [0.2, 0.25) is 0 Å². The van der Waals surface area contributed by atoms with Gasteiger partial charge in [-0.2, -0.15) is 4.98 Å². The van der Waals surface area contributed by atoms with Crippen molar-refractivity contribution in [1.82, 2.24) is 10.3 Å². The van der Waals surface area contributed by atoms with Crippen LogP contribution >= 0.6 is 0 Å². The van der Waals surface area contributed by atoms with Gasteiger partial charge in [-0.1, -0.05) is 6.07 Å². The van der Waals surface area contributed by atoms with E-state index in [1.54, 1.807) is 12.1 Å². The molecule has 1 atom stereocenters. The molecule has 1 aliphatic heterocycles. The molecule has 1 N–H and O–H groups in total. The molecule has 5 rings (SSSR count). The number of hydrogen-bond donors (Lipinski definition) is 1. The van der Waals surface area contributed by atoms with Crippen LogP contribution in [0.3, 0.4) is 0 Å². The summed E-state index contributed by atoms with van der Waals surface area (Å²) in [5, 5.41) is 3.14. The number of halogens is 1. The maximum absolute atomic E-state index is 13.9. The number of amides is 1. The van der Waals surface area contributed by atoms with Crippen molar-refractivity contribution in [2.75, 3.05) is 31.2 Å². The number of ether oxygens (including phenoxy) is 1. The number of carbonyl (C=O) groups is 1. The number of nitrogens with one attached hydrogen (secondary N) is 1. The normalized spacial score (nSPS) is 23.2. The topological polar surface area (TPSA) is 67.6 Å². The van der Waals surface area contributed by atoms with Crippen molar-refractivity contribution in [2.45, 2.75) is 31.7 Å². The molecule has 1 amide bonds. The second-order valence-corrected chi connectivity index (χ2v) is 7.95. The molecule has 0 spiro atoms. The molecule has 2 aromatic rings. The predicted octanol–water partition coefficient (Wildman–Crippen LogP) is 2.72. The molecule has 6 nitrogen and oxygen atoms in total. The molecule has 1 aromatic heterocycles. The Morgan fingerprint density at radius 1 is 1.30 bits per heavy atom. The molecular weight excluding hydrogens is 349 g/mol. The summed E-state index contributed by atoms with van der Waals surface area (Å²) in [5.74, 6) is 1.13. The van der Waals surface area contributed by atoms with E-state index in [1.165, 1.54) is 31.7 Å². The number of carbonyl (C=O) groups excluding carboxylic acids is 1. The standard InChI is InChI=1S/C20H24FN3O3/c21-15-2-1-3-16-18(15)23-20(27-16)24-8-9-26-11-14(24)10-22-19(25)17(12-4-5-12)13-6-7-13/h1-3,12-14,17H,4-11H2,(H,22,25). The van der Waals surface area contributed by atoms with Crippen LogP contribution in [-0.2, 0) is 9.53 Å². The third-order valence-corrected chi connectivity index (χ3v) is 5.91. The van der Waals surface area contributed by atoms with Crippen LogP contribution < -0.4 is 10.2 Å². The molecule has 144 valence electrons. The summed E-state index contributed by atoms with van der Waals surface area (Å²) in [5.41, 5.74) is 0.672. The lowest BCUT2D eigenvalue weighted by Gasteiger charge is -2.34. The number of benzene rings is 1. The number of para-hydroxylation sites is 1. The summed E-state index contributed by atoms with van der Waals surface area (Å²) in [6, 6.07) is 5.01. The van der Waals surface area contributed by atoms with Crippen LogP contribution in [0.1, 0.15) is 25.7 Å². The minimum Gasteiger partial charge on any atom is -0.423 e. The maximum atomic E-state index is 13.9. The molecule has 1 saturated heterocycles. The quantitative estimate of drug-likeness (QED) is 0.843. The molecule has 7 heteroatoms. The molecule has 3 fully saturated rings. The fraction of sp³-hybridized carbons (Fsp3) is 0.600. The first-order chi connectivity index (χ1) is 13.2. The number of oxazole rings is 1. The lowest BCUT2D eigenvalue weighted by molar-refractivity contribution is -0.126. The van der Waals surface area contributed by atoms with Gasteiger partial charge in [-0.3, -0.25) is 4.79 Å². The maximum Gasteiger partial charge on any atom is 0.298 e. The van der Waals surface area contributed by atoms with E-state index in [0.717, 1.165) is 0 Å². The Morgan fingerprint density at radius 2 is 2.07 bits per heavy atom. The van der Waals surface area contributed by atoms with Crippen LogP contribution in [0.25, 0.3) is 11.1 Å². The molecule has 2 saturated carbocycles. The van der Waals surface area contributed by atoms with Gasteiger partial charge in [0.25, 0.3) is 6.01 Å². The Bertz CT molecular complexity index is 834. The third-order valence-electron chi connectivity index (χ3n) is 5.91. The average Bonchev–Trinajstić information content (AvgIpc) is 3.61. The Balaban J connectivity index is 1.29. The van der Waals surface area contributed by atoms with Crippen molar-refractivity contribution in [2.24, 2.45) is 17.8 Å². The molecular formula is C20H24FN3O3. The number of fused-ring (bicyclic) bond motifs is 1. The second-order valence-electron chi connectivity index (χ2n) is 7.95. The SMILES string of the molecule is O=C(NCC1COCCN1c1nc2c(F)cccc2o1)C(C1CC1)C1CC1. The van der Waals surface area contributed by atoms with E-state index in [2.05, 4.69) is 10.3 Å². The number of hydrogen-bond acceptors (Lipinski definition) is 5. The van der Waals surface area contributed by atoms with Gasteiger partial charge in [0.1, 0.15) is 5.52 Å². The molecule has 2 heterocycles. The molecule has 3 aliphatic rings. The van der Waals surface area contributed by atoms with Crippen LogP contribution in [0.15, 0.2) is 22.6 Å². The van der Waals surface area contributed by atoms with Crippen LogP contribution in [0, 0.1) is 23.6 Å². The minimum atomic E-state index is -0.391. The summed E-state index contributed by atoms with van der Waals surface area (Å²) < 4.78 is 25.3. The average molecular weight is 373 g/mol. The largest absolute Gasteiger partial charge is 0.423 e. The number of nitrogens with zero attached hydrogens (tertiary/aromatic N) is 2. The van der Waals surface area contributed by atoms with Gasteiger partial charge in [-0.25, -0.2) is 4.39 Å². The van der Waals surface area contributed by atoms with Gasteiger partial charge in [-0.15, -0.1) is 0 Å². The lowest BCUT2D eigenvalue weighted by atomic mass is 9.97. The molecule has 1 unspecified atom stereocenters. The van der Waals surface area contributed by atoms with Gasteiger partial charge in [0.2, 0.25) is 5.91 Å². The van der Waals surface area contributed by atoms with E-state index in [9.17, 15) is 9.18 Å². The summed E-state index contributed by atoms with van der Waals surface area (Å²) in [4.78, 5) is 19.0. The van der Waals surface area contributed by atoms with Gasteiger partial charge in [0.15, 0.2) is 11.4 Å². The van der Waals surface area contributed by atoms with Gasteiger partial charge < -0.3 is 19.4 Å². The van der Waals surface area contributed by atoms with E-state index in [1.807, 2.05) is 4.90 Å². The van der Waals surface area contributed by atoms with Crippen molar-refractivity contribution in [3.63, 3.8) is 0 Å². The van der Waals surface area contributed by atoms with Crippen molar-refractivity contribution < 1.29 is 18.3 Å². The van der Waals surface area contributed by atoms with E-state index in [-0.39, 0.29) is 23.4 Å². The van der Waals surface area contributed by atoms with Gasteiger partial charge in [0.05, 0.1) is 19.3 Å². The number of morpholine rings is 1. The summed E-state index contributed by atoms with van der Waals surface area (Å²) >= 11 is 0. The third kappa shape index (κ3) is 3.40.